The summed E-state index contributed by atoms with van der Waals surface area (Å²) in [5.74, 6) is 1.71. The lowest BCUT2D eigenvalue weighted by molar-refractivity contribution is 0.158. The third-order valence-corrected chi connectivity index (χ3v) is 6.07. The molecule has 1 aromatic rings. The largest absolute Gasteiger partial charge is 0.356 e. The Bertz CT molecular complexity index is 563. The minimum Gasteiger partial charge on any atom is -0.356 e. The minimum atomic E-state index is 0. The van der Waals surface area contributed by atoms with Crippen LogP contribution >= 0.6 is 24.0 Å². The van der Waals surface area contributed by atoms with Crippen LogP contribution in [0, 0.1) is 0 Å². The van der Waals surface area contributed by atoms with Crippen molar-refractivity contribution in [3.8, 4) is 0 Å². The Morgan fingerprint density at radius 3 is 2.67 bits per heavy atom. The highest BCUT2D eigenvalue weighted by molar-refractivity contribution is 14.0. The summed E-state index contributed by atoms with van der Waals surface area (Å²) >= 11 is 0. The van der Waals surface area contributed by atoms with Gasteiger partial charge in [0.25, 0.3) is 0 Å². The second-order valence-corrected chi connectivity index (χ2v) is 7.90. The van der Waals surface area contributed by atoms with Crippen molar-refractivity contribution in [1.82, 2.24) is 15.1 Å². The molecule has 2 saturated heterocycles. The Balaban J connectivity index is 0.00000261. The third kappa shape index (κ3) is 6.63. The molecule has 1 aromatic carbocycles. The first kappa shape index (κ1) is 22.5. The summed E-state index contributed by atoms with van der Waals surface area (Å²) in [6, 6.07) is 11.7. The maximum Gasteiger partial charge on any atom is 0.193 e. The third-order valence-electron chi connectivity index (χ3n) is 6.07. The van der Waals surface area contributed by atoms with Crippen molar-refractivity contribution in [3.05, 3.63) is 35.9 Å². The molecule has 2 fully saturated rings. The highest BCUT2D eigenvalue weighted by atomic mass is 127. The Morgan fingerprint density at radius 1 is 1.11 bits per heavy atom. The topological polar surface area (TPSA) is 30.9 Å². The zero-order valence-corrected chi connectivity index (χ0v) is 19.4. The predicted molar refractivity (Wildman–Crippen MR) is 126 cm³/mol. The van der Waals surface area contributed by atoms with Crippen molar-refractivity contribution < 1.29 is 0 Å². The van der Waals surface area contributed by atoms with E-state index in [2.05, 4.69) is 57.4 Å². The lowest BCUT2D eigenvalue weighted by atomic mass is 9.99. The number of hydrogen-bond acceptors (Lipinski definition) is 2. The van der Waals surface area contributed by atoms with E-state index in [4.69, 9.17) is 0 Å². The molecular formula is C22H37IN4. The smallest absolute Gasteiger partial charge is 0.193 e. The summed E-state index contributed by atoms with van der Waals surface area (Å²) in [5, 5.41) is 3.59. The van der Waals surface area contributed by atoms with E-state index in [-0.39, 0.29) is 24.0 Å². The summed E-state index contributed by atoms with van der Waals surface area (Å²) in [7, 11) is 1.91. The molecule has 27 heavy (non-hydrogen) atoms. The fourth-order valence-electron chi connectivity index (χ4n) is 4.41. The van der Waals surface area contributed by atoms with Crippen LogP contribution < -0.4 is 5.32 Å². The lowest BCUT2D eigenvalue weighted by Gasteiger charge is -2.33. The molecule has 0 aliphatic carbocycles. The lowest BCUT2D eigenvalue weighted by Crippen LogP contribution is -2.41. The van der Waals surface area contributed by atoms with E-state index in [0.29, 0.717) is 5.92 Å². The number of benzene rings is 1. The van der Waals surface area contributed by atoms with E-state index in [9.17, 15) is 0 Å². The second kappa shape index (κ2) is 11.9. The quantitative estimate of drug-likeness (QED) is 0.282. The Hall–Kier alpha value is -0.820. The Morgan fingerprint density at radius 2 is 1.93 bits per heavy atom. The fourth-order valence-corrected chi connectivity index (χ4v) is 4.41. The minimum absolute atomic E-state index is 0. The number of unbranched alkanes of at least 4 members (excludes halogenated alkanes) is 1. The summed E-state index contributed by atoms with van der Waals surface area (Å²) in [6.45, 7) is 8.14. The zero-order chi connectivity index (χ0) is 18.2. The molecule has 2 aliphatic rings. The van der Waals surface area contributed by atoms with Crippen LogP contribution in [0.5, 0.6) is 0 Å². The first-order valence-electron chi connectivity index (χ1n) is 10.5. The van der Waals surface area contributed by atoms with Crippen molar-refractivity contribution >= 4 is 29.9 Å². The van der Waals surface area contributed by atoms with Gasteiger partial charge in [-0.2, -0.15) is 0 Å². The monoisotopic (exact) mass is 484 g/mol. The van der Waals surface area contributed by atoms with Gasteiger partial charge in [-0.05, 0) is 57.7 Å². The number of aliphatic imine (C=N–C) groups is 1. The van der Waals surface area contributed by atoms with Gasteiger partial charge >= 0.3 is 0 Å². The maximum atomic E-state index is 4.52. The molecule has 4 nitrogen and oxygen atoms in total. The standard InChI is InChI=1S/C22H36N4.HI/c1-19-10-6-8-15-25(19)16-9-7-14-24-22(23-2)26-17-13-21(18-26)20-11-4-3-5-12-20;/h3-5,11-12,19,21H,6-10,13-18H2,1-2H3,(H,23,24);1H. The van der Waals surface area contributed by atoms with Gasteiger partial charge in [-0.25, -0.2) is 0 Å². The summed E-state index contributed by atoms with van der Waals surface area (Å²) < 4.78 is 0. The van der Waals surface area contributed by atoms with Crippen molar-refractivity contribution in [2.45, 2.75) is 57.4 Å². The van der Waals surface area contributed by atoms with E-state index < -0.39 is 0 Å². The van der Waals surface area contributed by atoms with Crippen LogP contribution in [0.25, 0.3) is 0 Å². The van der Waals surface area contributed by atoms with Gasteiger partial charge in [-0.1, -0.05) is 36.8 Å². The van der Waals surface area contributed by atoms with Gasteiger partial charge in [0, 0.05) is 38.6 Å². The first-order chi connectivity index (χ1) is 12.8. The Kier molecular flexibility index (Phi) is 9.90. The van der Waals surface area contributed by atoms with Crippen molar-refractivity contribution in [2.75, 3.05) is 39.8 Å². The average Bonchev–Trinajstić information content (AvgIpc) is 3.17. The molecule has 0 radical (unpaired) electrons. The summed E-state index contributed by atoms with van der Waals surface area (Å²) in [4.78, 5) is 9.61. The van der Waals surface area contributed by atoms with E-state index in [1.54, 1.807) is 0 Å². The molecule has 0 saturated carbocycles. The molecule has 0 bridgehead atoms. The molecule has 5 heteroatoms. The van der Waals surface area contributed by atoms with Crippen molar-refractivity contribution in [3.63, 3.8) is 0 Å². The Labute approximate surface area is 182 Å². The molecule has 3 rings (SSSR count). The van der Waals surface area contributed by atoms with Gasteiger partial charge in [-0.3, -0.25) is 4.99 Å². The van der Waals surface area contributed by atoms with E-state index >= 15 is 0 Å². The molecular weight excluding hydrogens is 447 g/mol. The molecule has 2 atom stereocenters. The van der Waals surface area contributed by atoms with Gasteiger partial charge < -0.3 is 15.1 Å². The molecule has 2 aliphatic heterocycles. The van der Waals surface area contributed by atoms with Crippen LogP contribution in [0.3, 0.4) is 0 Å². The molecule has 2 heterocycles. The van der Waals surface area contributed by atoms with Gasteiger partial charge in [0.1, 0.15) is 0 Å². The highest BCUT2D eigenvalue weighted by Crippen LogP contribution is 2.26. The molecule has 1 N–H and O–H groups in total. The van der Waals surface area contributed by atoms with Crippen LogP contribution in [0.4, 0.5) is 0 Å². The number of piperidine rings is 1. The molecule has 2 unspecified atom stereocenters. The van der Waals surface area contributed by atoms with Gasteiger partial charge in [0.15, 0.2) is 5.96 Å². The number of rotatable bonds is 6. The number of hydrogen-bond donors (Lipinski definition) is 1. The van der Waals surface area contributed by atoms with E-state index in [0.717, 1.165) is 31.6 Å². The molecule has 0 aromatic heterocycles. The highest BCUT2D eigenvalue weighted by Gasteiger charge is 2.25. The van der Waals surface area contributed by atoms with Crippen LogP contribution in [-0.4, -0.2) is 61.6 Å². The molecule has 0 amide bonds. The van der Waals surface area contributed by atoms with Gasteiger partial charge in [0.05, 0.1) is 0 Å². The average molecular weight is 484 g/mol. The normalized spacial score (nSPS) is 23.9. The number of nitrogens with zero attached hydrogens (tertiary/aromatic N) is 3. The van der Waals surface area contributed by atoms with E-state index in [1.807, 2.05) is 7.05 Å². The second-order valence-electron chi connectivity index (χ2n) is 7.90. The van der Waals surface area contributed by atoms with Crippen LogP contribution in [-0.2, 0) is 0 Å². The van der Waals surface area contributed by atoms with E-state index in [1.165, 1.54) is 57.2 Å². The molecule has 152 valence electrons. The summed E-state index contributed by atoms with van der Waals surface area (Å²) in [5.41, 5.74) is 1.46. The van der Waals surface area contributed by atoms with Crippen molar-refractivity contribution in [2.24, 2.45) is 4.99 Å². The predicted octanol–water partition coefficient (Wildman–Crippen LogP) is 4.32. The number of halogens is 1. The molecule has 0 spiro atoms. The van der Waals surface area contributed by atoms with Crippen molar-refractivity contribution in [1.29, 1.82) is 0 Å². The number of nitrogens with one attached hydrogen (secondary N) is 1. The first-order valence-corrected chi connectivity index (χ1v) is 10.5. The fraction of sp³-hybridized carbons (Fsp3) is 0.682. The maximum absolute atomic E-state index is 4.52. The SMILES string of the molecule is CN=C(NCCCCN1CCCCC1C)N1CCC(c2ccccc2)C1.I. The van der Waals surface area contributed by atoms with Crippen LogP contribution in [0.2, 0.25) is 0 Å². The number of likely N-dealkylation sites (tertiary alicyclic amines) is 2. The zero-order valence-electron chi connectivity index (χ0n) is 17.1. The van der Waals surface area contributed by atoms with Gasteiger partial charge in [0.2, 0.25) is 0 Å². The summed E-state index contributed by atoms with van der Waals surface area (Å²) in [6.07, 6.45) is 7.89. The van der Waals surface area contributed by atoms with Crippen LogP contribution in [0.15, 0.2) is 35.3 Å². The number of guanidine groups is 1. The van der Waals surface area contributed by atoms with Gasteiger partial charge in [-0.15, -0.1) is 24.0 Å². The van der Waals surface area contributed by atoms with Crippen LogP contribution in [0.1, 0.15) is 56.9 Å².